The maximum absolute atomic E-state index is 12.9. The number of nitrogens with one attached hydrogen (secondary N) is 2. The summed E-state index contributed by atoms with van der Waals surface area (Å²) in [5.74, 6) is 1.25. The number of hydrazone groups is 1. The molecule has 0 aliphatic carbocycles. The van der Waals surface area contributed by atoms with Crippen molar-refractivity contribution in [1.29, 1.82) is 0 Å². The van der Waals surface area contributed by atoms with Crippen molar-refractivity contribution in [3.05, 3.63) is 63.6 Å². The molecule has 2 aromatic heterocycles. The van der Waals surface area contributed by atoms with E-state index in [4.69, 9.17) is 0 Å². The van der Waals surface area contributed by atoms with Crippen molar-refractivity contribution in [2.24, 2.45) is 5.10 Å². The maximum Gasteiger partial charge on any atom is 0.416 e. The Bertz CT molecular complexity index is 1100. The number of halogens is 4. The van der Waals surface area contributed by atoms with Crippen LogP contribution in [0.2, 0.25) is 0 Å². The smallest absolute Gasteiger partial charge is 0.356 e. The van der Waals surface area contributed by atoms with Crippen molar-refractivity contribution in [1.82, 2.24) is 15.0 Å². The second-order valence-corrected chi connectivity index (χ2v) is 8.51. The minimum atomic E-state index is -4.39. The Morgan fingerprint density at radius 3 is 2.59 bits per heavy atom. The summed E-state index contributed by atoms with van der Waals surface area (Å²) in [6.07, 6.45) is 2.59. The molecule has 11 heteroatoms. The summed E-state index contributed by atoms with van der Waals surface area (Å²) >= 11 is 2.23. The van der Waals surface area contributed by atoms with Crippen LogP contribution in [0.1, 0.15) is 37.9 Å². The number of pyridine rings is 1. The van der Waals surface area contributed by atoms with E-state index in [1.807, 2.05) is 0 Å². The molecule has 1 aromatic carbocycles. The van der Waals surface area contributed by atoms with Crippen molar-refractivity contribution in [2.45, 2.75) is 32.9 Å². The van der Waals surface area contributed by atoms with Gasteiger partial charge >= 0.3 is 6.18 Å². The minimum absolute atomic E-state index is 0.325. The number of benzene rings is 1. The van der Waals surface area contributed by atoms with E-state index in [-0.39, 0.29) is 0 Å². The first kappa shape index (κ1) is 25.7. The fraction of sp³-hybridized carbons (Fsp3) is 0.304. The molecule has 0 saturated heterocycles. The Balaban J connectivity index is 1.62. The zero-order valence-corrected chi connectivity index (χ0v) is 20.9. The standard InChI is InChI=1S/C23H25F3IN7/c1-3-5-11-34(4-2)21-20(27)15-29-22(32-21)33-30-14-18-9-10-19(13-28-18)31-17-8-6-7-16(12-17)23(24,25)26/h6-10,12-15,31H,3-5,11H2,1-2H3,(H,29,32,33)/b30-14+. The molecular weight excluding hydrogens is 558 g/mol. The quantitative estimate of drug-likeness (QED) is 0.166. The highest BCUT2D eigenvalue weighted by Gasteiger charge is 2.30. The molecule has 7 nitrogen and oxygen atoms in total. The Morgan fingerprint density at radius 2 is 1.91 bits per heavy atom. The SMILES string of the molecule is CCCCN(CC)c1nc(N/N=C/c2ccc(Nc3cccc(C(F)(F)F)c3)cn2)ncc1I. The Kier molecular flexibility index (Phi) is 9.02. The van der Waals surface area contributed by atoms with Gasteiger partial charge in [-0.2, -0.15) is 23.3 Å². The topological polar surface area (TPSA) is 78.3 Å². The fourth-order valence-corrected chi connectivity index (χ4v) is 3.65. The van der Waals surface area contributed by atoms with Crippen LogP contribution in [0.15, 0.2) is 53.9 Å². The van der Waals surface area contributed by atoms with E-state index >= 15 is 0 Å². The zero-order valence-electron chi connectivity index (χ0n) is 18.8. The first-order chi connectivity index (χ1) is 16.3. The van der Waals surface area contributed by atoms with Gasteiger partial charge in [0.2, 0.25) is 5.95 Å². The van der Waals surface area contributed by atoms with Crippen LogP contribution >= 0.6 is 22.6 Å². The molecular formula is C23H25F3IN7. The molecule has 0 amide bonds. The van der Waals surface area contributed by atoms with Crippen LogP contribution in [-0.2, 0) is 6.18 Å². The molecule has 34 heavy (non-hydrogen) atoms. The highest BCUT2D eigenvalue weighted by molar-refractivity contribution is 14.1. The molecule has 0 atom stereocenters. The third kappa shape index (κ3) is 7.27. The van der Waals surface area contributed by atoms with Crippen LogP contribution in [-0.4, -0.2) is 34.3 Å². The molecule has 2 heterocycles. The minimum Gasteiger partial charge on any atom is -0.356 e. The van der Waals surface area contributed by atoms with Crippen LogP contribution in [0, 0.1) is 3.57 Å². The molecule has 0 unspecified atom stereocenters. The van der Waals surface area contributed by atoms with Crippen LogP contribution in [0.25, 0.3) is 0 Å². The summed E-state index contributed by atoms with van der Waals surface area (Å²) in [6, 6.07) is 8.41. The lowest BCUT2D eigenvalue weighted by atomic mass is 10.2. The van der Waals surface area contributed by atoms with E-state index in [1.54, 1.807) is 24.4 Å². The summed E-state index contributed by atoms with van der Waals surface area (Å²) in [5.41, 5.74) is 3.56. The van der Waals surface area contributed by atoms with Crippen LogP contribution < -0.4 is 15.6 Å². The third-order valence-electron chi connectivity index (χ3n) is 4.81. The van der Waals surface area contributed by atoms with E-state index < -0.39 is 11.7 Å². The molecule has 0 spiro atoms. The van der Waals surface area contributed by atoms with Gasteiger partial charge in [0.1, 0.15) is 5.82 Å². The molecule has 3 rings (SSSR count). The van der Waals surface area contributed by atoms with Crippen molar-refractivity contribution in [2.75, 3.05) is 28.7 Å². The van der Waals surface area contributed by atoms with E-state index in [1.165, 1.54) is 18.5 Å². The lowest BCUT2D eigenvalue weighted by Crippen LogP contribution is -2.26. The normalized spacial score (nSPS) is 11.6. The molecule has 180 valence electrons. The Labute approximate surface area is 210 Å². The molecule has 3 aromatic rings. The number of aromatic nitrogens is 3. The van der Waals surface area contributed by atoms with Crippen LogP contribution in [0.4, 0.5) is 36.3 Å². The van der Waals surface area contributed by atoms with E-state index in [2.05, 4.69) is 72.1 Å². The molecule has 0 radical (unpaired) electrons. The summed E-state index contributed by atoms with van der Waals surface area (Å²) in [7, 11) is 0. The van der Waals surface area contributed by atoms with Crippen LogP contribution in [0.5, 0.6) is 0 Å². The number of rotatable bonds is 10. The molecule has 0 saturated carbocycles. The maximum atomic E-state index is 12.9. The molecule has 0 fully saturated rings. The number of anilines is 4. The van der Waals surface area contributed by atoms with Gasteiger partial charge in [0.05, 0.1) is 32.9 Å². The van der Waals surface area contributed by atoms with Gasteiger partial charge in [-0.05, 0) is 66.3 Å². The molecule has 2 N–H and O–H groups in total. The molecule has 0 aliphatic heterocycles. The number of nitrogens with zero attached hydrogens (tertiary/aromatic N) is 5. The second-order valence-electron chi connectivity index (χ2n) is 7.34. The number of unbranched alkanes of at least 4 members (excludes halogenated alkanes) is 1. The predicted molar refractivity (Wildman–Crippen MR) is 138 cm³/mol. The van der Waals surface area contributed by atoms with Crippen LogP contribution in [0.3, 0.4) is 0 Å². The summed E-state index contributed by atoms with van der Waals surface area (Å²) in [6.45, 7) is 6.02. The largest absolute Gasteiger partial charge is 0.416 e. The van der Waals surface area contributed by atoms with Gasteiger partial charge in [-0.3, -0.25) is 4.98 Å². The van der Waals surface area contributed by atoms with Gasteiger partial charge in [-0.25, -0.2) is 10.4 Å². The third-order valence-corrected chi connectivity index (χ3v) is 5.58. The average Bonchev–Trinajstić information content (AvgIpc) is 2.82. The van der Waals surface area contributed by atoms with Gasteiger partial charge < -0.3 is 10.2 Å². The first-order valence-electron chi connectivity index (χ1n) is 10.8. The summed E-state index contributed by atoms with van der Waals surface area (Å²) in [5, 5.41) is 7.07. The van der Waals surface area contributed by atoms with Crippen molar-refractivity contribution in [3.63, 3.8) is 0 Å². The molecule has 0 aliphatic rings. The number of hydrogen-bond donors (Lipinski definition) is 2. The van der Waals surface area contributed by atoms with Gasteiger partial charge in [0.25, 0.3) is 0 Å². The van der Waals surface area contributed by atoms with E-state index in [9.17, 15) is 13.2 Å². The zero-order chi connectivity index (χ0) is 24.6. The predicted octanol–water partition coefficient (Wildman–Crippen LogP) is 6.31. The number of hydrogen-bond acceptors (Lipinski definition) is 7. The van der Waals surface area contributed by atoms with Crippen molar-refractivity contribution in [3.8, 4) is 0 Å². The Morgan fingerprint density at radius 1 is 1.09 bits per heavy atom. The lowest BCUT2D eigenvalue weighted by molar-refractivity contribution is -0.137. The van der Waals surface area contributed by atoms with Crippen molar-refractivity contribution >= 4 is 51.9 Å². The van der Waals surface area contributed by atoms with Crippen molar-refractivity contribution < 1.29 is 13.2 Å². The fourth-order valence-electron chi connectivity index (χ4n) is 3.05. The highest BCUT2D eigenvalue weighted by atomic mass is 127. The van der Waals surface area contributed by atoms with Gasteiger partial charge in [0.15, 0.2) is 0 Å². The number of alkyl halides is 3. The molecule has 0 bridgehead atoms. The van der Waals surface area contributed by atoms with Gasteiger partial charge in [-0.1, -0.05) is 19.4 Å². The van der Waals surface area contributed by atoms with E-state index in [0.717, 1.165) is 47.5 Å². The Hall–Kier alpha value is -2.96. The second kappa shape index (κ2) is 12.0. The highest BCUT2D eigenvalue weighted by Crippen LogP contribution is 2.31. The average molecular weight is 583 g/mol. The lowest BCUT2D eigenvalue weighted by Gasteiger charge is -2.22. The summed E-state index contributed by atoms with van der Waals surface area (Å²) < 4.78 is 39.6. The summed E-state index contributed by atoms with van der Waals surface area (Å²) in [4.78, 5) is 15.3. The monoisotopic (exact) mass is 583 g/mol. The van der Waals surface area contributed by atoms with Gasteiger partial charge in [-0.15, -0.1) is 0 Å². The first-order valence-corrected chi connectivity index (χ1v) is 11.8. The van der Waals surface area contributed by atoms with E-state index in [0.29, 0.717) is 23.0 Å². The van der Waals surface area contributed by atoms with Gasteiger partial charge in [0, 0.05) is 25.0 Å².